The van der Waals surface area contributed by atoms with Crippen molar-refractivity contribution in [2.24, 2.45) is 0 Å². The molecule has 3 aliphatic heterocycles. The number of aromatic hydroxyl groups is 3. The molecule has 0 amide bonds. The molecule has 3 saturated heterocycles. The molecule has 2 aromatic carbocycles. The lowest BCUT2D eigenvalue weighted by Crippen LogP contribution is -2.63. The largest absolute Gasteiger partial charge is 0.508 e. The fraction of sp³-hybridized carbons (Fsp3) is 0.545. The Morgan fingerprint density at radius 2 is 1.49 bits per heavy atom. The molecule has 11 N–H and O–H groups in total. The summed E-state index contributed by atoms with van der Waals surface area (Å²) in [7, 11) is 1.27. The first kappa shape index (κ1) is 38.8. The van der Waals surface area contributed by atoms with Crippen molar-refractivity contribution in [1.82, 2.24) is 0 Å². The molecule has 292 valence electrons. The van der Waals surface area contributed by atoms with Gasteiger partial charge in [0.2, 0.25) is 17.5 Å². The van der Waals surface area contributed by atoms with Crippen molar-refractivity contribution in [2.45, 2.75) is 92.9 Å². The second kappa shape index (κ2) is 15.5. The number of fused-ring (bicyclic) bond motifs is 1. The molecular weight excluding hydrogens is 716 g/mol. The number of aliphatic hydroxyl groups excluding tert-OH is 8. The maximum Gasteiger partial charge on any atom is 0.239 e. The molecule has 0 saturated carbocycles. The molecule has 0 bridgehead atoms. The number of benzene rings is 2. The van der Waals surface area contributed by atoms with Gasteiger partial charge in [-0.15, -0.1) is 0 Å². The van der Waals surface area contributed by atoms with Crippen LogP contribution in [-0.2, 0) is 23.7 Å². The van der Waals surface area contributed by atoms with Gasteiger partial charge in [0.05, 0.1) is 26.4 Å². The van der Waals surface area contributed by atoms with Crippen LogP contribution in [0, 0.1) is 0 Å². The van der Waals surface area contributed by atoms with Gasteiger partial charge in [-0.25, -0.2) is 0 Å². The van der Waals surface area contributed by atoms with E-state index in [2.05, 4.69) is 0 Å². The predicted molar refractivity (Wildman–Crippen MR) is 172 cm³/mol. The standard InChI is InChI=1S/C33H40O20/c1-10-20(38)29(52-31-25(43)21(39)15(37)8-47-31)27(45)32(49-10)48-9-18-22(40)24(42)26(44)33(51-18)53-30-23(41)19-14(36)6-12(34)7-17(19)50-28(30)11-3-4-13(35)16(5-11)46-2/h3-7,10,15,18,20-22,24-27,29,31-40,42-45H,8-9H2,1-2H3/t10-,15-,18+,20-,21-,22+,24-,25-,26-,27-,29+,31-,32+,33-/m0/s1. The fourth-order valence-electron chi connectivity index (χ4n) is 6.19. The van der Waals surface area contributed by atoms with E-state index in [1.54, 1.807) is 0 Å². The quantitative estimate of drug-likeness (QED) is 0.104. The van der Waals surface area contributed by atoms with E-state index < -0.39 is 127 Å². The Balaban J connectivity index is 1.24. The van der Waals surface area contributed by atoms with Crippen molar-refractivity contribution in [3.63, 3.8) is 0 Å². The van der Waals surface area contributed by atoms with E-state index >= 15 is 0 Å². The minimum absolute atomic E-state index is 0.0416. The van der Waals surface area contributed by atoms with Crippen LogP contribution in [0.4, 0.5) is 0 Å². The number of rotatable bonds is 9. The zero-order valence-corrected chi connectivity index (χ0v) is 28.0. The Kier molecular flexibility index (Phi) is 11.3. The SMILES string of the molecule is COc1cc(-c2oc3cc(O)cc(O)c3c(=O)c2O[C@@H]2O[C@H](CO[C@@H]3O[C@@H](C)[C@H](O)[C@@H](O[C@@H]4OC[C@H](O)[C@H](O)[C@@H]4O)[C@@H]3O)[C@@H](O)[C@H](O)[C@@H]2O)ccc1O. The molecule has 1 aromatic heterocycles. The Hall–Kier alpha value is -3.87. The summed E-state index contributed by atoms with van der Waals surface area (Å²) in [6.07, 6.45) is -23.2. The summed E-state index contributed by atoms with van der Waals surface area (Å²) in [5.41, 5.74) is -1.21. The third-order valence-corrected chi connectivity index (χ3v) is 9.21. The molecule has 3 aromatic rings. The molecule has 20 nitrogen and oxygen atoms in total. The fourth-order valence-corrected chi connectivity index (χ4v) is 6.19. The molecule has 20 heteroatoms. The number of phenols is 3. The monoisotopic (exact) mass is 756 g/mol. The first-order valence-electron chi connectivity index (χ1n) is 16.3. The van der Waals surface area contributed by atoms with Crippen LogP contribution in [0.25, 0.3) is 22.3 Å². The average molecular weight is 757 g/mol. The van der Waals surface area contributed by atoms with Gasteiger partial charge in [0.1, 0.15) is 83.5 Å². The number of hydrogen-bond donors (Lipinski definition) is 11. The molecule has 3 aliphatic rings. The summed E-state index contributed by atoms with van der Waals surface area (Å²) in [6, 6.07) is 5.75. The van der Waals surface area contributed by atoms with Crippen LogP contribution < -0.4 is 14.9 Å². The van der Waals surface area contributed by atoms with Gasteiger partial charge in [-0.1, -0.05) is 0 Å². The minimum atomic E-state index is -2.01. The van der Waals surface area contributed by atoms with Gasteiger partial charge in [0.25, 0.3) is 0 Å². The summed E-state index contributed by atoms with van der Waals surface area (Å²) < 4.78 is 44.6. The van der Waals surface area contributed by atoms with Crippen LogP contribution in [0.5, 0.6) is 28.7 Å². The molecule has 6 rings (SSSR count). The smallest absolute Gasteiger partial charge is 0.239 e. The maximum absolute atomic E-state index is 13.8. The molecule has 0 radical (unpaired) electrons. The van der Waals surface area contributed by atoms with E-state index in [9.17, 15) is 61.0 Å². The van der Waals surface area contributed by atoms with E-state index in [1.165, 1.54) is 32.2 Å². The van der Waals surface area contributed by atoms with Gasteiger partial charge in [-0.2, -0.15) is 0 Å². The van der Waals surface area contributed by atoms with E-state index in [1.807, 2.05) is 0 Å². The van der Waals surface area contributed by atoms with Gasteiger partial charge in [0.15, 0.2) is 29.8 Å². The lowest BCUT2D eigenvalue weighted by atomic mass is 9.98. The lowest BCUT2D eigenvalue weighted by molar-refractivity contribution is -0.351. The Bertz CT molecular complexity index is 1820. The third kappa shape index (κ3) is 7.47. The number of methoxy groups -OCH3 is 1. The first-order chi connectivity index (χ1) is 25.1. The van der Waals surface area contributed by atoms with E-state index in [-0.39, 0.29) is 28.4 Å². The van der Waals surface area contributed by atoms with E-state index in [0.29, 0.717) is 0 Å². The van der Waals surface area contributed by atoms with Crippen molar-refractivity contribution in [3.05, 3.63) is 40.6 Å². The van der Waals surface area contributed by atoms with Crippen LogP contribution in [0.15, 0.2) is 39.5 Å². The topological polar surface area (TPSA) is 317 Å². The average Bonchev–Trinajstić information content (AvgIpc) is 3.12. The van der Waals surface area contributed by atoms with Crippen molar-refractivity contribution >= 4 is 11.0 Å². The highest BCUT2D eigenvalue weighted by atomic mass is 16.7. The highest BCUT2D eigenvalue weighted by Crippen LogP contribution is 2.40. The van der Waals surface area contributed by atoms with Crippen molar-refractivity contribution < 1.29 is 93.7 Å². The molecule has 53 heavy (non-hydrogen) atoms. The molecule has 0 aliphatic carbocycles. The first-order valence-corrected chi connectivity index (χ1v) is 16.3. The van der Waals surface area contributed by atoms with E-state index in [4.69, 9.17) is 37.6 Å². The van der Waals surface area contributed by atoms with Crippen LogP contribution in [0.3, 0.4) is 0 Å². The predicted octanol–water partition coefficient (Wildman–Crippen LogP) is -2.92. The highest BCUT2D eigenvalue weighted by molar-refractivity contribution is 5.88. The number of hydrogen-bond acceptors (Lipinski definition) is 20. The van der Waals surface area contributed by atoms with E-state index in [0.717, 1.165) is 12.1 Å². The zero-order chi connectivity index (χ0) is 38.5. The summed E-state index contributed by atoms with van der Waals surface area (Å²) in [4.78, 5) is 13.8. The molecule has 3 fully saturated rings. The summed E-state index contributed by atoms with van der Waals surface area (Å²) in [5, 5.41) is 114. The van der Waals surface area contributed by atoms with Crippen LogP contribution >= 0.6 is 0 Å². The Morgan fingerprint density at radius 3 is 2.21 bits per heavy atom. The molecule has 14 atom stereocenters. The maximum atomic E-state index is 13.8. The zero-order valence-electron chi connectivity index (χ0n) is 28.0. The third-order valence-electron chi connectivity index (χ3n) is 9.21. The van der Waals surface area contributed by atoms with Crippen LogP contribution in [-0.4, -0.2) is 163 Å². The van der Waals surface area contributed by atoms with Crippen LogP contribution in [0.2, 0.25) is 0 Å². The van der Waals surface area contributed by atoms with Gasteiger partial charge in [-0.05, 0) is 25.1 Å². The Labute approximate surface area is 298 Å². The number of phenolic OH excluding ortho intramolecular Hbond substituents is 3. The number of ether oxygens (including phenoxy) is 7. The molecule has 0 spiro atoms. The molecule has 4 heterocycles. The van der Waals surface area contributed by atoms with Crippen molar-refractivity contribution in [1.29, 1.82) is 0 Å². The summed E-state index contributed by atoms with van der Waals surface area (Å²) in [5.74, 6) is -2.46. The summed E-state index contributed by atoms with van der Waals surface area (Å²) in [6.45, 7) is 0.314. The summed E-state index contributed by atoms with van der Waals surface area (Å²) >= 11 is 0. The molecule has 0 unspecified atom stereocenters. The van der Waals surface area contributed by atoms with Gasteiger partial charge >= 0.3 is 0 Å². The number of aliphatic hydroxyl groups is 8. The van der Waals surface area contributed by atoms with Crippen molar-refractivity contribution in [3.8, 4) is 40.1 Å². The lowest BCUT2D eigenvalue weighted by Gasteiger charge is -2.45. The van der Waals surface area contributed by atoms with Crippen LogP contribution in [0.1, 0.15) is 6.92 Å². The molecular formula is C33H40O20. The van der Waals surface area contributed by atoms with Gasteiger partial charge in [0, 0.05) is 17.7 Å². The second-order valence-corrected chi connectivity index (χ2v) is 12.8. The minimum Gasteiger partial charge on any atom is -0.508 e. The van der Waals surface area contributed by atoms with Gasteiger partial charge < -0.3 is 93.7 Å². The second-order valence-electron chi connectivity index (χ2n) is 12.8. The Morgan fingerprint density at radius 1 is 0.774 bits per heavy atom. The highest BCUT2D eigenvalue weighted by Gasteiger charge is 2.50. The van der Waals surface area contributed by atoms with Gasteiger partial charge in [-0.3, -0.25) is 4.79 Å². The normalized spacial score (nSPS) is 36.3. The van der Waals surface area contributed by atoms with Crippen molar-refractivity contribution in [2.75, 3.05) is 20.3 Å².